The van der Waals surface area contributed by atoms with Crippen molar-refractivity contribution in [2.24, 2.45) is 0 Å². The number of anilines is 1. The van der Waals surface area contributed by atoms with Gasteiger partial charge in [0.15, 0.2) is 0 Å². The van der Waals surface area contributed by atoms with Crippen molar-refractivity contribution in [3.05, 3.63) is 65.9 Å². The maximum atomic E-state index is 13.3. The van der Waals surface area contributed by atoms with E-state index in [0.717, 1.165) is 34.0 Å². The molecule has 3 amide bonds. The number of pyridine rings is 1. The SMILES string of the molecule is CC1(C)C(=O)N(c2ccc(OC(F)(F)F)c(C(=O)O)c2)C(=O)N1Cc1ccnc2ccccc12.Cl. The third-order valence-corrected chi connectivity index (χ3v) is 5.57. The second-order valence-electron chi connectivity index (χ2n) is 8.09. The van der Waals surface area contributed by atoms with Gasteiger partial charge >= 0.3 is 18.4 Å². The monoisotopic (exact) mass is 509 g/mol. The minimum Gasteiger partial charge on any atom is -0.478 e. The zero-order valence-electron chi connectivity index (χ0n) is 18.4. The van der Waals surface area contributed by atoms with E-state index in [2.05, 4.69) is 9.72 Å². The number of amides is 3. The second-order valence-corrected chi connectivity index (χ2v) is 8.09. The first-order chi connectivity index (χ1) is 15.9. The first-order valence-electron chi connectivity index (χ1n) is 10.0. The number of ether oxygens (including phenoxy) is 1. The standard InChI is InChI=1S/C23H18F3N3O5.ClH/c1-22(2)20(32)29(14-7-8-18(34-23(24,25)26)16(11-14)19(30)31)21(33)28(22)12-13-9-10-27-17-6-4-3-5-15(13)17;/h3-11H,12H2,1-2H3,(H,30,31);1H. The number of carbonyl (C=O) groups excluding carboxylic acids is 2. The van der Waals surface area contributed by atoms with Gasteiger partial charge in [0.1, 0.15) is 16.9 Å². The third-order valence-electron chi connectivity index (χ3n) is 5.57. The number of urea groups is 1. The van der Waals surface area contributed by atoms with Crippen LogP contribution in [0.3, 0.4) is 0 Å². The van der Waals surface area contributed by atoms with Crippen LogP contribution in [-0.4, -0.2) is 44.8 Å². The number of aromatic carboxylic acids is 1. The van der Waals surface area contributed by atoms with Crippen LogP contribution in [0.5, 0.6) is 5.75 Å². The van der Waals surface area contributed by atoms with Crippen LogP contribution < -0.4 is 9.64 Å². The number of aromatic nitrogens is 1. The van der Waals surface area contributed by atoms with Crippen molar-refractivity contribution in [1.82, 2.24) is 9.88 Å². The molecule has 0 spiro atoms. The van der Waals surface area contributed by atoms with Crippen molar-refractivity contribution in [3.63, 3.8) is 0 Å². The summed E-state index contributed by atoms with van der Waals surface area (Å²) in [5.41, 5.74) is -0.892. The zero-order chi connectivity index (χ0) is 24.8. The lowest BCUT2D eigenvalue weighted by atomic mass is 10.0. The first kappa shape index (κ1) is 25.8. The molecule has 8 nitrogen and oxygen atoms in total. The summed E-state index contributed by atoms with van der Waals surface area (Å²) in [4.78, 5) is 44.4. The van der Waals surface area contributed by atoms with Crippen molar-refractivity contribution >= 4 is 46.9 Å². The van der Waals surface area contributed by atoms with Crippen LogP contribution in [0.1, 0.15) is 29.8 Å². The number of carboxylic acids is 1. The highest BCUT2D eigenvalue weighted by molar-refractivity contribution is 6.23. The largest absolute Gasteiger partial charge is 0.573 e. The van der Waals surface area contributed by atoms with Gasteiger partial charge in [0.2, 0.25) is 0 Å². The number of benzene rings is 2. The van der Waals surface area contributed by atoms with Gasteiger partial charge in [-0.15, -0.1) is 25.6 Å². The second kappa shape index (κ2) is 9.06. The maximum Gasteiger partial charge on any atom is 0.573 e. The molecule has 0 bridgehead atoms. The molecular weight excluding hydrogens is 491 g/mol. The summed E-state index contributed by atoms with van der Waals surface area (Å²) in [5, 5.41) is 10.2. The number of hydrogen-bond acceptors (Lipinski definition) is 5. The number of imide groups is 1. The van der Waals surface area contributed by atoms with E-state index in [-0.39, 0.29) is 24.6 Å². The van der Waals surface area contributed by atoms with Crippen LogP contribution in [-0.2, 0) is 11.3 Å². The average Bonchev–Trinajstić information content (AvgIpc) is 2.92. The van der Waals surface area contributed by atoms with Crippen LogP contribution in [0, 0.1) is 0 Å². The van der Waals surface area contributed by atoms with E-state index in [1.165, 1.54) is 18.7 Å². The molecule has 0 saturated carbocycles. The highest BCUT2D eigenvalue weighted by Gasteiger charge is 2.52. The van der Waals surface area contributed by atoms with Gasteiger partial charge in [-0.3, -0.25) is 9.78 Å². The Morgan fingerprint density at radius 1 is 1.11 bits per heavy atom. The Morgan fingerprint density at radius 2 is 1.80 bits per heavy atom. The molecule has 0 atom stereocenters. The highest BCUT2D eigenvalue weighted by Crippen LogP contribution is 2.37. The Hall–Kier alpha value is -3.86. The fourth-order valence-corrected chi connectivity index (χ4v) is 3.83. The number of para-hydroxylation sites is 1. The van der Waals surface area contributed by atoms with Crippen molar-refractivity contribution in [2.75, 3.05) is 4.90 Å². The minimum atomic E-state index is -5.11. The summed E-state index contributed by atoms with van der Waals surface area (Å²) in [5.74, 6) is -3.32. The van der Waals surface area contributed by atoms with Gasteiger partial charge < -0.3 is 14.7 Å². The lowest BCUT2D eigenvalue weighted by Crippen LogP contribution is -2.43. The number of rotatable bonds is 5. The molecule has 2 aromatic carbocycles. The molecule has 4 rings (SSSR count). The van der Waals surface area contributed by atoms with E-state index in [1.54, 1.807) is 12.3 Å². The third kappa shape index (κ3) is 4.72. The van der Waals surface area contributed by atoms with Crippen LogP contribution in [0.15, 0.2) is 54.7 Å². The Kier molecular flexibility index (Phi) is 6.67. The number of hydrogen-bond donors (Lipinski definition) is 1. The average molecular weight is 510 g/mol. The number of fused-ring (bicyclic) bond motifs is 1. The molecule has 0 unspecified atom stereocenters. The summed E-state index contributed by atoms with van der Waals surface area (Å²) in [6, 6.07) is 10.9. The minimum absolute atomic E-state index is 0. The first-order valence-corrected chi connectivity index (χ1v) is 10.0. The summed E-state index contributed by atoms with van der Waals surface area (Å²) in [6.45, 7) is 3.13. The van der Waals surface area contributed by atoms with Crippen molar-refractivity contribution in [3.8, 4) is 5.75 Å². The quantitative estimate of drug-likeness (QED) is 0.486. The van der Waals surface area contributed by atoms with Crippen LogP contribution in [0.2, 0.25) is 0 Å². The van der Waals surface area contributed by atoms with Crippen molar-refractivity contribution in [1.29, 1.82) is 0 Å². The molecular formula is C23H19ClF3N3O5. The van der Waals surface area contributed by atoms with Gasteiger partial charge in [0.25, 0.3) is 5.91 Å². The summed E-state index contributed by atoms with van der Waals surface area (Å²) < 4.78 is 41.7. The van der Waals surface area contributed by atoms with E-state index in [0.29, 0.717) is 5.52 Å². The molecule has 3 aromatic rings. The topological polar surface area (TPSA) is 100 Å². The number of carboxylic acid groups (broad SMARTS) is 1. The molecule has 1 aromatic heterocycles. The van der Waals surface area contributed by atoms with Crippen LogP contribution in [0.4, 0.5) is 23.7 Å². The predicted molar refractivity (Wildman–Crippen MR) is 122 cm³/mol. The van der Waals surface area contributed by atoms with Gasteiger partial charge in [0, 0.05) is 18.1 Å². The van der Waals surface area contributed by atoms with E-state index < -0.39 is 41.1 Å². The number of nitrogens with zero attached hydrogens (tertiary/aromatic N) is 3. The molecule has 184 valence electrons. The van der Waals surface area contributed by atoms with Gasteiger partial charge in [-0.05, 0) is 49.7 Å². The van der Waals surface area contributed by atoms with Gasteiger partial charge in [-0.25, -0.2) is 14.5 Å². The fraction of sp³-hybridized carbons (Fsp3) is 0.217. The molecule has 35 heavy (non-hydrogen) atoms. The normalized spacial score (nSPS) is 15.3. The van der Waals surface area contributed by atoms with Crippen LogP contribution in [0.25, 0.3) is 10.9 Å². The van der Waals surface area contributed by atoms with E-state index >= 15 is 0 Å². The van der Waals surface area contributed by atoms with E-state index in [1.807, 2.05) is 24.3 Å². The van der Waals surface area contributed by atoms with Gasteiger partial charge in [-0.2, -0.15) is 0 Å². The highest BCUT2D eigenvalue weighted by atomic mass is 35.5. The summed E-state index contributed by atoms with van der Waals surface area (Å²) >= 11 is 0. The van der Waals surface area contributed by atoms with E-state index in [9.17, 15) is 32.7 Å². The zero-order valence-corrected chi connectivity index (χ0v) is 19.2. The molecule has 1 fully saturated rings. The molecule has 1 saturated heterocycles. The Morgan fingerprint density at radius 3 is 2.46 bits per heavy atom. The molecule has 1 N–H and O–H groups in total. The molecule has 2 heterocycles. The smallest absolute Gasteiger partial charge is 0.478 e. The van der Waals surface area contributed by atoms with E-state index in [4.69, 9.17) is 0 Å². The Bertz CT molecular complexity index is 1320. The number of halogens is 4. The molecule has 0 aliphatic carbocycles. The predicted octanol–water partition coefficient (Wildman–Crippen LogP) is 5.00. The molecule has 1 aliphatic rings. The summed E-state index contributed by atoms with van der Waals surface area (Å²) in [6.07, 6.45) is -3.53. The Labute approximate surface area is 203 Å². The lowest BCUT2D eigenvalue weighted by molar-refractivity contribution is -0.274. The van der Waals surface area contributed by atoms with Crippen LogP contribution >= 0.6 is 12.4 Å². The Balaban J connectivity index is 0.00000342. The van der Waals surface area contributed by atoms with Gasteiger partial charge in [-0.1, -0.05) is 18.2 Å². The molecule has 0 radical (unpaired) electrons. The van der Waals surface area contributed by atoms with Gasteiger partial charge in [0.05, 0.1) is 11.2 Å². The van der Waals surface area contributed by atoms with Crippen molar-refractivity contribution < 1.29 is 37.4 Å². The maximum absolute atomic E-state index is 13.3. The molecule has 1 aliphatic heterocycles. The fourth-order valence-electron chi connectivity index (χ4n) is 3.83. The number of carbonyl (C=O) groups is 3. The number of alkyl halides is 3. The lowest BCUT2D eigenvalue weighted by Gasteiger charge is -2.28. The molecule has 12 heteroatoms. The summed E-state index contributed by atoms with van der Waals surface area (Å²) in [7, 11) is 0. The van der Waals surface area contributed by atoms with Crippen molar-refractivity contribution in [2.45, 2.75) is 32.3 Å².